The van der Waals surface area contributed by atoms with E-state index in [1.807, 2.05) is 37.2 Å². The fraction of sp³-hybridized carbons (Fsp3) is 0.500. The second-order valence-electron chi connectivity index (χ2n) is 5.29. The third kappa shape index (κ3) is 2.68. The minimum atomic E-state index is -3.60. The summed E-state index contributed by atoms with van der Waals surface area (Å²) in [5.74, 6) is 0. The first-order chi connectivity index (χ1) is 9.82. The van der Waals surface area contributed by atoms with Crippen molar-refractivity contribution in [3.05, 3.63) is 35.4 Å². The SMILES string of the molecule is CO[C@H]1[C@H](N(C)C)c2ccccc2[C@@H](C#N)N1S(C)(=O)=O. The lowest BCUT2D eigenvalue weighted by atomic mass is 9.89. The van der Waals surface area contributed by atoms with Gasteiger partial charge in [0.25, 0.3) is 0 Å². The third-order valence-corrected chi connectivity index (χ3v) is 4.87. The number of hydrogen-bond acceptors (Lipinski definition) is 5. The van der Waals surface area contributed by atoms with Gasteiger partial charge in [-0.1, -0.05) is 24.3 Å². The van der Waals surface area contributed by atoms with Crippen LogP contribution >= 0.6 is 0 Å². The van der Waals surface area contributed by atoms with Gasteiger partial charge in [0.05, 0.1) is 18.4 Å². The van der Waals surface area contributed by atoms with Crippen LogP contribution in [0.25, 0.3) is 0 Å². The van der Waals surface area contributed by atoms with Gasteiger partial charge in [-0.05, 0) is 25.2 Å². The Morgan fingerprint density at radius 1 is 1.29 bits per heavy atom. The van der Waals surface area contributed by atoms with Crippen molar-refractivity contribution in [2.24, 2.45) is 0 Å². The molecule has 7 heteroatoms. The summed E-state index contributed by atoms with van der Waals surface area (Å²) in [7, 11) is 1.59. The second-order valence-corrected chi connectivity index (χ2v) is 7.18. The molecule has 0 aliphatic carbocycles. The van der Waals surface area contributed by atoms with Gasteiger partial charge in [-0.3, -0.25) is 4.90 Å². The van der Waals surface area contributed by atoms with Crippen molar-refractivity contribution in [2.45, 2.75) is 18.3 Å². The maximum atomic E-state index is 12.2. The molecule has 1 heterocycles. The van der Waals surface area contributed by atoms with Crippen LogP contribution in [0, 0.1) is 11.3 Å². The average molecular weight is 309 g/mol. The first-order valence-electron chi connectivity index (χ1n) is 6.49. The number of rotatable bonds is 3. The zero-order valence-electron chi connectivity index (χ0n) is 12.5. The van der Waals surface area contributed by atoms with Gasteiger partial charge < -0.3 is 4.74 Å². The molecule has 21 heavy (non-hydrogen) atoms. The van der Waals surface area contributed by atoms with Crippen molar-refractivity contribution in [3.8, 4) is 6.07 Å². The Morgan fingerprint density at radius 3 is 2.29 bits per heavy atom. The minimum absolute atomic E-state index is 0.273. The van der Waals surface area contributed by atoms with Crippen LogP contribution in [0.15, 0.2) is 24.3 Å². The monoisotopic (exact) mass is 309 g/mol. The van der Waals surface area contributed by atoms with E-state index in [0.717, 1.165) is 16.1 Å². The molecule has 0 aromatic heterocycles. The molecule has 3 atom stereocenters. The van der Waals surface area contributed by atoms with Crippen LogP contribution in [0.5, 0.6) is 0 Å². The molecule has 6 nitrogen and oxygen atoms in total. The number of hydrogen-bond donors (Lipinski definition) is 0. The van der Waals surface area contributed by atoms with E-state index in [-0.39, 0.29) is 6.04 Å². The fourth-order valence-electron chi connectivity index (χ4n) is 2.88. The zero-order valence-corrected chi connectivity index (χ0v) is 13.3. The van der Waals surface area contributed by atoms with E-state index in [0.29, 0.717) is 5.56 Å². The van der Waals surface area contributed by atoms with Crippen molar-refractivity contribution in [1.29, 1.82) is 5.26 Å². The van der Waals surface area contributed by atoms with Gasteiger partial charge in [0.1, 0.15) is 12.3 Å². The van der Waals surface area contributed by atoms with E-state index >= 15 is 0 Å². The molecule has 0 radical (unpaired) electrons. The highest BCUT2D eigenvalue weighted by Gasteiger charge is 2.46. The van der Waals surface area contributed by atoms with Gasteiger partial charge in [-0.2, -0.15) is 9.57 Å². The number of methoxy groups -OCH3 is 1. The molecular formula is C14H19N3O3S. The largest absolute Gasteiger partial charge is 0.363 e. The van der Waals surface area contributed by atoms with Gasteiger partial charge in [-0.25, -0.2) is 8.42 Å². The normalized spacial score (nSPS) is 26.4. The van der Waals surface area contributed by atoms with Crippen molar-refractivity contribution in [1.82, 2.24) is 9.21 Å². The van der Waals surface area contributed by atoms with E-state index < -0.39 is 22.3 Å². The summed E-state index contributed by atoms with van der Waals surface area (Å²) in [5, 5.41) is 9.48. The lowest BCUT2D eigenvalue weighted by Crippen LogP contribution is -2.52. The van der Waals surface area contributed by atoms with E-state index in [4.69, 9.17) is 4.74 Å². The summed E-state index contributed by atoms with van der Waals surface area (Å²) in [5.41, 5.74) is 1.62. The first-order valence-corrected chi connectivity index (χ1v) is 8.34. The molecule has 1 aliphatic heterocycles. The molecule has 0 fully saturated rings. The van der Waals surface area contributed by atoms with Crippen LogP contribution in [-0.2, 0) is 14.8 Å². The summed E-state index contributed by atoms with van der Waals surface area (Å²) in [4.78, 5) is 1.90. The topological polar surface area (TPSA) is 73.6 Å². The van der Waals surface area contributed by atoms with Crippen molar-refractivity contribution in [3.63, 3.8) is 0 Å². The van der Waals surface area contributed by atoms with E-state index in [1.165, 1.54) is 7.11 Å². The second kappa shape index (κ2) is 5.73. The summed E-state index contributed by atoms with van der Waals surface area (Å²) in [6.45, 7) is 0. The molecule has 1 aliphatic rings. The van der Waals surface area contributed by atoms with E-state index in [2.05, 4.69) is 6.07 Å². The number of fused-ring (bicyclic) bond motifs is 1. The van der Waals surface area contributed by atoms with Crippen LogP contribution < -0.4 is 0 Å². The summed E-state index contributed by atoms with van der Waals surface area (Å²) in [6, 6.07) is 8.34. The van der Waals surface area contributed by atoms with Gasteiger partial charge in [0.2, 0.25) is 10.0 Å². The molecule has 1 aromatic carbocycles. The van der Waals surface area contributed by atoms with Crippen LogP contribution in [0.1, 0.15) is 23.2 Å². The Hall–Kier alpha value is -1.46. The molecule has 0 amide bonds. The third-order valence-electron chi connectivity index (χ3n) is 3.69. The number of nitrogens with zero attached hydrogens (tertiary/aromatic N) is 3. The summed E-state index contributed by atoms with van der Waals surface area (Å²) >= 11 is 0. The Morgan fingerprint density at radius 2 is 1.86 bits per heavy atom. The molecule has 0 spiro atoms. The minimum Gasteiger partial charge on any atom is -0.363 e. The number of ether oxygens (including phenoxy) is 1. The Bertz CT molecular complexity index is 666. The highest BCUT2D eigenvalue weighted by Crippen LogP contribution is 2.42. The number of nitriles is 1. The number of sulfonamides is 1. The summed E-state index contributed by atoms with van der Waals surface area (Å²) in [6.07, 6.45) is 0.360. The maximum Gasteiger partial charge on any atom is 0.214 e. The lowest BCUT2D eigenvalue weighted by Gasteiger charge is -2.44. The van der Waals surface area contributed by atoms with Crippen molar-refractivity contribution >= 4 is 10.0 Å². The highest BCUT2D eigenvalue weighted by molar-refractivity contribution is 7.88. The smallest absolute Gasteiger partial charge is 0.214 e. The van der Waals surface area contributed by atoms with Crippen LogP contribution in [0.4, 0.5) is 0 Å². The van der Waals surface area contributed by atoms with Gasteiger partial charge in [0, 0.05) is 7.11 Å². The Kier molecular flexibility index (Phi) is 4.35. The number of benzene rings is 1. The standard InChI is InChI=1S/C14H19N3O3S/c1-16(2)13-11-8-6-5-7-10(11)12(9-15)17(14(13)20-3)21(4,18)19/h5-8,12-14H,1-4H3/t12-,13-,14+/m1/s1. The molecule has 2 rings (SSSR count). The Balaban J connectivity index is 2.73. The number of likely N-dealkylation sites (N-methyl/N-ethyl adjacent to an activating group) is 1. The van der Waals surface area contributed by atoms with Crippen LogP contribution in [0.3, 0.4) is 0 Å². The molecular weight excluding hydrogens is 290 g/mol. The van der Waals surface area contributed by atoms with Crippen molar-refractivity contribution in [2.75, 3.05) is 27.5 Å². The van der Waals surface area contributed by atoms with Gasteiger partial charge >= 0.3 is 0 Å². The zero-order chi connectivity index (χ0) is 15.8. The van der Waals surface area contributed by atoms with Gasteiger partial charge in [0.15, 0.2) is 0 Å². The van der Waals surface area contributed by atoms with Crippen LogP contribution in [0.2, 0.25) is 0 Å². The molecule has 1 aromatic rings. The predicted molar refractivity (Wildman–Crippen MR) is 78.7 cm³/mol. The average Bonchev–Trinajstić information content (AvgIpc) is 2.42. The first kappa shape index (κ1) is 15.9. The van der Waals surface area contributed by atoms with E-state index in [9.17, 15) is 13.7 Å². The molecule has 0 saturated carbocycles. The highest BCUT2D eigenvalue weighted by atomic mass is 32.2. The molecule has 0 saturated heterocycles. The molecule has 0 unspecified atom stereocenters. The molecule has 114 valence electrons. The Labute approximate surface area is 125 Å². The lowest BCUT2D eigenvalue weighted by molar-refractivity contribution is -0.0581. The predicted octanol–water partition coefficient (Wildman–Crippen LogP) is 1.10. The maximum absolute atomic E-state index is 12.2. The van der Waals surface area contributed by atoms with E-state index in [1.54, 1.807) is 6.07 Å². The van der Waals surface area contributed by atoms with Gasteiger partial charge in [-0.15, -0.1) is 0 Å². The molecule has 0 bridgehead atoms. The quantitative estimate of drug-likeness (QED) is 0.836. The van der Waals surface area contributed by atoms with Crippen LogP contribution in [-0.4, -0.2) is 51.3 Å². The fourth-order valence-corrected chi connectivity index (χ4v) is 4.00. The molecule has 0 N–H and O–H groups in total. The summed E-state index contributed by atoms with van der Waals surface area (Å²) < 4.78 is 31.0. The van der Waals surface area contributed by atoms with Crippen molar-refractivity contribution < 1.29 is 13.2 Å².